The van der Waals surface area contributed by atoms with E-state index in [-0.39, 0.29) is 0 Å². The lowest BCUT2D eigenvalue weighted by Gasteiger charge is -2.14. The number of methoxy groups -OCH3 is 4. The molecule has 1 N–H and O–H groups in total. The lowest BCUT2D eigenvalue weighted by atomic mass is 10.0. The maximum atomic E-state index is 8.84. The van der Waals surface area contributed by atoms with Gasteiger partial charge in [0, 0.05) is 12.2 Å². The lowest BCUT2D eigenvalue weighted by molar-refractivity contribution is 0.282. The minimum Gasteiger partial charge on any atom is -0.496 e. The Labute approximate surface area is 199 Å². The van der Waals surface area contributed by atoms with Crippen molar-refractivity contribution in [1.29, 1.82) is 0 Å². The molecule has 33 heavy (non-hydrogen) atoms. The molecule has 0 bridgehead atoms. The first-order valence-corrected chi connectivity index (χ1v) is 11.9. The van der Waals surface area contributed by atoms with Gasteiger partial charge in [-0.2, -0.15) is 0 Å². The zero-order valence-corrected chi connectivity index (χ0v) is 20.7. The van der Waals surface area contributed by atoms with E-state index in [0.717, 1.165) is 53.9 Å². The van der Waals surface area contributed by atoms with Gasteiger partial charge < -0.3 is 24.1 Å². The molecule has 5 nitrogen and oxygen atoms in total. The maximum Gasteiger partial charge on any atom is 0.161 e. The quantitative estimate of drug-likeness (QED) is 0.229. The van der Waals surface area contributed by atoms with E-state index in [0.29, 0.717) is 18.1 Å². The minimum absolute atomic E-state index is 0.314. The van der Waals surface area contributed by atoms with Crippen molar-refractivity contribution in [1.82, 2.24) is 0 Å². The summed E-state index contributed by atoms with van der Waals surface area (Å²) in [7, 11) is 6.70. The smallest absolute Gasteiger partial charge is 0.161 e. The highest BCUT2D eigenvalue weighted by Crippen LogP contribution is 2.33. The summed E-state index contributed by atoms with van der Waals surface area (Å²) in [4.78, 5) is 0. The molecule has 0 aliphatic rings. The molecule has 0 saturated carbocycles. The first-order valence-electron chi connectivity index (χ1n) is 11.9. The highest BCUT2D eigenvalue weighted by atomic mass is 16.5. The van der Waals surface area contributed by atoms with Crippen molar-refractivity contribution in [3.05, 3.63) is 47.0 Å². The van der Waals surface area contributed by atoms with Gasteiger partial charge in [-0.05, 0) is 54.7 Å². The summed E-state index contributed by atoms with van der Waals surface area (Å²) in [5.41, 5.74) is 3.17. The number of unbranched alkanes of at least 4 members (excludes halogenated alkanes) is 7. The van der Waals surface area contributed by atoms with Gasteiger partial charge in [-0.3, -0.25) is 0 Å². The Morgan fingerprint density at radius 1 is 0.576 bits per heavy atom. The van der Waals surface area contributed by atoms with Gasteiger partial charge in [0.25, 0.3) is 0 Å². The highest BCUT2D eigenvalue weighted by Gasteiger charge is 2.12. The van der Waals surface area contributed by atoms with Crippen LogP contribution in [0.1, 0.15) is 68.1 Å². The van der Waals surface area contributed by atoms with Crippen LogP contribution in [0.25, 0.3) is 12.2 Å². The van der Waals surface area contributed by atoms with Crippen molar-refractivity contribution in [3.8, 4) is 23.0 Å². The monoisotopic (exact) mass is 456 g/mol. The Morgan fingerprint density at radius 2 is 1.06 bits per heavy atom. The Balaban J connectivity index is 1.99. The van der Waals surface area contributed by atoms with Crippen LogP contribution >= 0.6 is 0 Å². The van der Waals surface area contributed by atoms with Gasteiger partial charge in [-0.15, -0.1) is 0 Å². The van der Waals surface area contributed by atoms with Crippen LogP contribution < -0.4 is 18.9 Å². The second-order valence-corrected chi connectivity index (χ2v) is 8.15. The molecule has 0 aromatic heterocycles. The second-order valence-electron chi connectivity index (χ2n) is 8.15. The van der Waals surface area contributed by atoms with Crippen LogP contribution in [-0.2, 0) is 6.42 Å². The van der Waals surface area contributed by atoms with Crippen LogP contribution in [0.15, 0.2) is 30.3 Å². The SMILES string of the molecule is COc1ccc(/C=C/c2cc(OC)c(CCCCCCCCCCO)c(OC)c2)cc1OC. The standard InChI is InChI=1S/C28H40O5/c1-30-25-17-16-22(19-28(25)33-4)14-15-23-20-26(31-2)24(27(21-23)32-3)13-11-9-7-5-6-8-10-12-18-29/h14-17,19-21,29H,5-13,18H2,1-4H3/b15-14+. The van der Waals surface area contributed by atoms with Crippen molar-refractivity contribution in [2.75, 3.05) is 35.0 Å². The van der Waals surface area contributed by atoms with Crippen molar-refractivity contribution in [2.24, 2.45) is 0 Å². The fourth-order valence-electron chi connectivity index (χ4n) is 3.97. The van der Waals surface area contributed by atoms with Crippen molar-refractivity contribution < 1.29 is 24.1 Å². The fourth-order valence-corrected chi connectivity index (χ4v) is 3.97. The summed E-state index contributed by atoms with van der Waals surface area (Å²) in [5, 5.41) is 8.84. The molecule has 0 unspecified atom stereocenters. The molecule has 0 saturated heterocycles. The van der Waals surface area contributed by atoms with E-state index in [9.17, 15) is 0 Å². The van der Waals surface area contributed by atoms with Gasteiger partial charge in [0.05, 0.1) is 28.4 Å². The summed E-state index contributed by atoms with van der Waals surface area (Å²) in [6.07, 6.45) is 14.4. The molecule has 182 valence electrons. The Kier molecular flexibility index (Phi) is 12.3. The lowest BCUT2D eigenvalue weighted by Crippen LogP contribution is -1.98. The molecule has 0 aliphatic carbocycles. The van der Waals surface area contributed by atoms with E-state index in [4.69, 9.17) is 24.1 Å². The summed E-state index contributed by atoms with van der Waals surface area (Å²) < 4.78 is 22.1. The van der Waals surface area contributed by atoms with E-state index in [1.165, 1.54) is 32.1 Å². The van der Waals surface area contributed by atoms with Crippen LogP contribution in [0.3, 0.4) is 0 Å². The van der Waals surface area contributed by atoms with Gasteiger partial charge in [-0.25, -0.2) is 0 Å². The van der Waals surface area contributed by atoms with Crippen molar-refractivity contribution in [3.63, 3.8) is 0 Å². The van der Waals surface area contributed by atoms with E-state index in [1.54, 1.807) is 28.4 Å². The minimum atomic E-state index is 0.314. The summed E-state index contributed by atoms with van der Waals surface area (Å²) in [6.45, 7) is 0.314. The average molecular weight is 457 g/mol. The molecule has 0 aliphatic heterocycles. The van der Waals surface area contributed by atoms with Gasteiger partial charge in [0.1, 0.15) is 11.5 Å². The first-order chi connectivity index (χ1) is 16.2. The third kappa shape index (κ3) is 8.65. The third-order valence-corrected chi connectivity index (χ3v) is 5.84. The molecule has 2 aromatic rings. The van der Waals surface area contributed by atoms with Crippen LogP contribution in [-0.4, -0.2) is 40.2 Å². The predicted octanol–water partition coefficient (Wildman–Crippen LogP) is 6.55. The molecule has 0 atom stereocenters. The number of hydrogen-bond acceptors (Lipinski definition) is 5. The molecule has 0 fully saturated rings. The highest BCUT2D eigenvalue weighted by molar-refractivity contribution is 5.73. The molecule has 0 heterocycles. The molecular formula is C28H40O5. The normalized spacial score (nSPS) is 11.1. The molecule has 2 rings (SSSR count). The summed E-state index contributed by atoms with van der Waals surface area (Å²) >= 11 is 0. The number of aliphatic hydroxyl groups excluding tert-OH is 1. The molecule has 0 spiro atoms. The van der Waals surface area contributed by atoms with Gasteiger partial charge in [0.15, 0.2) is 11.5 Å². The predicted molar refractivity (Wildman–Crippen MR) is 136 cm³/mol. The number of hydrogen-bond donors (Lipinski definition) is 1. The Bertz CT molecular complexity index is 834. The largest absolute Gasteiger partial charge is 0.496 e. The number of rotatable bonds is 16. The van der Waals surface area contributed by atoms with E-state index < -0.39 is 0 Å². The van der Waals surface area contributed by atoms with Crippen molar-refractivity contribution in [2.45, 2.75) is 57.8 Å². The Hall–Kier alpha value is -2.66. The zero-order valence-electron chi connectivity index (χ0n) is 20.7. The first kappa shape index (κ1) is 26.6. The van der Waals surface area contributed by atoms with E-state index in [2.05, 4.69) is 12.1 Å². The molecule has 5 heteroatoms. The average Bonchev–Trinajstić information content (AvgIpc) is 2.86. The zero-order chi connectivity index (χ0) is 23.9. The van der Waals surface area contributed by atoms with Gasteiger partial charge in [0.2, 0.25) is 0 Å². The maximum absolute atomic E-state index is 8.84. The van der Waals surface area contributed by atoms with Crippen LogP contribution in [0.2, 0.25) is 0 Å². The number of aliphatic hydroxyl groups is 1. The molecule has 0 amide bonds. The van der Waals surface area contributed by atoms with Crippen LogP contribution in [0.5, 0.6) is 23.0 Å². The van der Waals surface area contributed by atoms with E-state index >= 15 is 0 Å². The summed E-state index contributed by atoms with van der Waals surface area (Å²) in [6, 6.07) is 9.97. The molecule has 0 radical (unpaired) electrons. The van der Waals surface area contributed by atoms with Gasteiger partial charge >= 0.3 is 0 Å². The van der Waals surface area contributed by atoms with E-state index in [1.807, 2.05) is 30.4 Å². The Morgan fingerprint density at radius 3 is 1.61 bits per heavy atom. The van der Waals surface area contributed by atoms with Crippen molar-refractivity contribution >= 4 is 12.2 Å². The van der Waals surface area contributed by atoms with Crippen LogP contribution in [0, 0.1) is 0 Å². The fraction of sp³-hybridized carbons (Fsp3) is 0.500. The topological polar surface area (TPSA) is 57.2 Å². The third-order valence-electron chi connectivity index (χ3n) is 5.84. The number of ether oxygens (including phenoxy) is 4. The van der Waals surface area contributed by atoms with Gasteiger partial charge in [-0.1, -0.05) is 56.7 Å². The summed E-state index contributed by atoms with van der Waals surface area (Å²) in [5.74, 6) is 3.15. The second kappa shape index (κ2) is 15.2. The van der Waals surface area contributed by atoms with Crippen LogP contribution in [0.4, 0.5) is 0 Å². The molecule has 2 aromatic carbocycles. The number of benzene rings is 2. The molecular weight excluding hydrogens is 416 g/mol.